The predicted molar refractivity (Wildman–Crippen MR) is 91.0 cm³/mol. The van der Waals surface area contributed by atoms with Crippen molar-refractivity contribution in [3.8, 4) is 27.6 Å². The lowest BCUT2D eigenvalue weighted by atomic mass is 9.98. The Morgan fingerprint density at radius 1 is 1.04 bits per heavy atom. The SMILES string of the molecule is N#Cc1c(N)sc(-c2ccc([N+](=O)[O-])cc2)c1-c1ccccc1. The Labute approximate surface area is 136 Å². The fourth-order valence-corrected chi connectivity index (χ4v) is 3.42. The average Bonchev–Trinajstić information content (AvgIpc) is 2.92. The summed E-state index contributed by atoms with van der Waals surface area (Å²) in [7, 11) is 0. The summed E-state index contributed by atoms with van der Waals surface area (Å²) in [4.78, 5) is 11.2. The minimum atomic E-state index is -0.439. The van der Waals surface area contributed by atoms with Gasteiger partial charge >= 0.3 is 0 Å². The molecular weight excluding hydrogens is 310 g/mol. The van der Waals surface area contributed by atoms with Gasteiger partial charge in [0.2, 0.25) is 0 Å². The van der Waals surface area contributed by atoms with Crippen molar-refractivity contribution in [3.05, 3.63) is 70.3 Å². The minimum Gasteiger partial charge on any atom is -0.389 e. The van der Waals surface area contributed by atoms with Crippen LogP contribution in [0, 0.1) is 21.4 Å². The van der Waals surface area contributed by atoms with Crippen molar-refractivity contribution in [2.75, 3.05) is 5.73 Å². The maximum absolute atomic E-state index is 10.8. The van der Waals surface area contributed by atoms with Crippen LogP contribution in [0.25, 0.3) is 21.6 Å². The number of thiophene rings is 1. The number of nitrogens with two attached hydrogens (primary N) is 1. The number of anilines is 1. The van der Waals surface area contributed by atoms with E-state index < -0.39 is 4.92 Å². The highest BCUT2D eigenvalue weighted by Gasteiger charge is 2.19. The molecule has 3 rings (SSSR count). The third kappa shape index (κ3) is 2.65. The third-order valence-corrected chi connectivity index (χ3v) is 4.52. The van der Waals surface area contributed by atoms with Gasteiger partial charge in [-0.25, -0.2) is 0 Å². The standard InChI is InChI=1S/C17H11N3O2S/c18-10-14-15(11-4-2-1-3-5-11)16(23-17(14)19)12-6-8-13(9-7-12)20(21)22/h1-9H,19H2. The van der Waals surface area contributed by atoms with Gasteiger partial charge in [-0.05, 0) is 23.3 Å². The van der Waals surface area contributed by atoms with Gasteiger partial charge < -0.3 is 5.73 Å². The molecule has 0 fully saturated rings. The van der Waals surface area contributed by atoms with Crippen LogP contribution in [0.3, 0.4) is 0 Å². The molecule has 0 saturated heterocycles. The average molecular weight is 321 g/mol. The number of rotatable bonds is 3. The number of benzene rings is 2. The van der Waals surface area contributed by atoms with E-state index in [0.29, 0.717) is 10.6 Å². The maximum Gasteiger partial charge on any atom is 0.269 e. The molecule has 0 aliphatic rings. The number of nitriles is 1. The summed E-state index contributed by atoms with van der Waals surface area (Å²) < 4.78 is 0. The fourth-order valence-electron chi connectivity index (χ4n) is 2.38. The number of nitrogen functional groups attached to an aromatic ring is 1. The monoisotopic (exact) mass is 321 g/mol. The quantitative estimate of drug-likeness (QED) is 0.570. The van der Waals surface area contributed by atoms with Crippen LogP contribution in [-0.4, -0.2) is 4.92 Å². The zero-order valence-electron chi connectivity index (χ0n) is 11.9. The van der Waals surface area contributed by atoms with E-state index >= 15 is 0 Å². The molecule has 3 aromatic rings. The van der Waals surface area contributed by atoms with Gasteiger partial charge in [-0.1, -0.05) is 30.3 Å². The summed E-state index contributed by atoms with van der Waals surface area (Å²) in [5.41, 5.74) is 8.92. The molecule has 23 heavy (non-hydrogen) atoms. The molecule has 0 amide bonds. The van der Waals surface area contributed by atoms with Gasteiger partial charge in [0, 0.05) is 22.6 Å². The molecular formula is C17H11N3O2S. The van der Waals surface area contributed by atoms with Gasteiger partial charge in [0.25, 0.3) is 5.69 Å². The van der Waals surface area contributed by atoms with Gasteiger partial charge in [0.05, 0.1) is 10.5 Å². The molecule has 5 nitrogen and oxygen atoms in total. The fraction of sp³-hybridized carbons (Fsp3) is 0. The zero-order valence-corrected chi connectivity index (χ0v) is 12.7. The zero-order chi connectivity index (χ0) is 16.4. The van der Waals surface area contributed by atoms with Crippen LogP contribution in [0.15, 0.2) is 54.6 Å². The van der Waals surface area contributed by atoms with E-state index in [1.54, 1.807) is 12.1 Å². The van der Waals surface area contributed by atoms with Crippen LogP contribution in [0.1, 0.15) is 5.56 Å². The summed E-state index contributed by atoms with van der Waals surface area (Å²) in [5.74, 6) is 0. The third-order valence-electron chi connectivity index (χ3n) is 3.45. The van der Waals surface area contributed by atoms with Crippen LogP contribution in [0.5, 0.6) is 0 Å². The molecule has 2 N–H and O–H groups in total. The summed E-state index contributed by atoms with van der Waals surface area (Å²) >= 11 is 1.31. The first-order chi connectivity index (χ1) is 11.1. The van der Waals surface area contributed by atoms with E-state index in [4.69, 9.17) is 5.73 Å². The minimum absolute atomic E-state index is 0.0278. The summed E-state index contributed by atoms with van der Waals surface area (Å²) in [5, 5.41) is 20.7. The van der Waals surface area contributed by atoms with Crippen molar-refractivity contribution < 1.29 is 4.92 Å². The molecule has 6 heteroatoms. The normalized spacial score (nSPS) is 10.2. The molecule has 2 aromatic carbocycles. The Morgan fingerprint density at radius 2 is 1.70 bits per heavy atom. The lowest BCUT2D eigenvalue weighted by molar-refractivity contribution is -0.384. The van der Waals surface area contributed by atoms with Crippen LogP contribution < -0.4 is 5.73 Å². The number of hydrogen-bond donors (Lipinski definition) is 1. The number of hydrogen-bond acceptors (Lipinski definition) is 5. The van der Waals surface area contributed by atoms with Crippen molar-refractivity contribution in [1.29, 1.82) is 5.26 Å². The molecule has 0 atom stereocenters. The van der Waals surface area contributed by atoms with Gasteiger partial charge in [-0.3, -0.25) is 10.1 Å². The van der Waals surface area contributed by atoms with E-state index in [9.17, 15) is 15.4 Å². The van der Waals surface area contributed by atoms with E-state index in [-0.39, 0.29) is 5.69 Å². The summed E-state index contributed by atoms with van der Waals surface area (Å²) in [6, 6.07) is 17.9. The van der Waals surface area contributed by atoms with Gasteiger partial charge in [-0.2, -0.15) is 5.26 Å². The summed E-state index contributed by atoms with van der Waals surface area (Å²) in [6.45, 7) is 0. The predicted octanol–water partition coefficient (Wildman–Crippen LogP) is 4.44. The second kappa shape index (κ2) is 5.91. The Morgan fingerprint density at radius 3 is 2.26 bits per heavy atom. The Hall–Kier alpha value is -3.17. The van der Waals surface area contributed by atoms with Crippen LogP contribution in [-0.2, 0) is 0 Å². The van der Waals surface area contributed by atoms with E-state index in [1.165, 1.54) is 23.5 Å². The first-order valence-electron chi connectivity index (χ1n) is 6.74. The van der Waals surface area contributed by atoms with Crippen LogP contribution >= 0.6 is 11.3 Å². The van der Waals surface area contributed by atoms with Gasteiger partial charge in [0.15, 0.2) is 0 Å². The topological polar surface area (TPSA) is 93.0 Å². The van der Waals surface area contributed by atoms with Crippen LogP contribution in [0.2, 0.25) is 0 Å². The lowest BCUT2D eigenvalue weighted by Gasteiger charge is -2.05. The second-order valence-corrected chi connectivity index (χ2v) is 5.88. The molecule has 0 aliphatic heterocycles. The van der Waals surface area contributed by atoms with E-state index in [2.05, 4.69) is 6.07 Å². The molecule has 1 aromatic heterocycles. The molecule has 0 aliphatic carbocycles. The molecule has 0 saturated carbocycles. The van der Waals surface area contributed by atoms with Gasteiger partial charge in [-0.15, -0.1) is 11.3 Å². The van der Waals surface area contributed by atoms with E-state index in [0.717, 1.165) is 21.6 Å². The van der Waals surface area contributed by atoms with Crippen molar-refractivity contribution in [2.45, 2.75) is 0 Å². The second-order valence-electron chi connectivity index (χ2n) is 4.83. The Kier molecular flexibility index (Phi) is 3.79. The number of nitrogens with zero attached hydrogens (tertiary/aromatic N) is 2. The van der Waals surface area contributed by atoms with E-state index in [1.807, 2.05) is 30.3 Å². The molecule has 0 radical (unpaired) electrons. The maximum atomic E-state index is 10.8. The molecule has 0 bridgehead atoms. The first-order valence-corrected chi connectivity index (χ1v) is 7.56. The smallest absolute Gasteiger partial charge is 0.269 e. The highest BCUT2D eigenvalue weighted by Crippen LogP contribution is 2.44. The van der Waals surface area contributed by atoms with Crippen LogP contribution in [0.4, 0.5) is 10.7 Å². The number of non-ortho nitro benzene ring substituents is 1. The van der Waals surface area contributed by atoms with Gasteiger partial charge in [0.1, 0.15) is 11.1 Å². The molecule has 0 spiro atoms. The Bertz CT molecular complexity index is 910. The molecule has 0 unspecified atom stereocenters. The highest BCUT2D eigenvalue weighted by molar-refractivity contribution is 7.20. The van der Waals surface area contributed by atoms with Crippen molar-refractivity contribution in [3.63, 3.8) is 0 Å². The lowest BCUT2D eigenvalue weighted by Crippen LogP contribution is -1.88. The molecule has 112 valence electrons. The summed E-state index contributed by atoms with van der Waals surface area (Å²) in [6.07, 6.45) is 0. The molecule has 1 heterocycles. The highest BCUT2D eigenvalue weighted by atomic mass is 32.1. The van der Waals surface area contributed by atoms with Crippen molar-refractivity contribution >= 4 is 22.0 Å². The number of nitro benzene ring substituents is 1. The largest absolute Gasteiger partial charge is 0.389 e. The van der Waals surface area contributed by atoms with Crippen molar-refractivity contribution in [2.24, 2.45) is 0 Å². The Balaban J connectivity index is 2.20. The van der Waals surface area contributed by atoms with Crippen molar-refractivity contribution in [1.82, 2.24) is 0 Å². The number of nitro groups is 1. The first kappa shape index (κ1) is 14.8.